The molecule has 0 amide bonds. The molecule has 4 aromatic rings. The molecule has 2 aromatic carbocycles. The Morgan fingerprint density at radius 1 is 0.923 bits per heavy atom. The number of anilines is 3. The lowest BCUT2D eigenvalue weighted by atomic mass is 10.1. The van der Waals surface area contributed by atoms with Crippen molar-refractivity contribution in [2.24, 2.45) is 0 Å². The van der Waals surface area contributed by atoms with Crippen LogP contribution in [0.2, 0.25) is 0 Å². The first kappa shape index (κ1) is 16.0. The number of nitrogens with one attached hydrogen (secondary N) is 2. The van der Waals surface area contributed by atoms with Gasteiger partial charge in [0, 0.05) is 11.6 Å². The summed E-state index contributed by atoms with van der Waals surface area (Å²) in [6.45, 7) is 2.06. The van der Waals surface area contributed by atoms with E-state index in [1.807, 2.05) is 48.5 Å². The quantitative estimate of drug-likeness (QED) is 0.562. The largest absolute Gasteiger partial charge is 0.346 e. The molecule has 0 saturated heterocycles. The maximum absolute atomic E-state index is 4.52. The van der Waals surface area contributed by atoms with E-state index in [2.05, 4.69) is 49.9 Å². The van der Waals surface area contributed by atoms with E-state index in [0.717, 1.165) is 22.2 Å². The number of aromatic nitrogens is 4. The van der Waals surface area contributed by atoms with Gasteiger partial charge in [0.05, 0.1) is 23.4 Å². The highest BCUT2D eigenvalue weighted by atomic mass is 15.3. The van der Waals surface area contributed by atoms with E-state index < -0.39 is 0 Å². The van der Waals surface area contributed by atoms with E-state index in [-0.39, 0.29) is 6.04 Å². The summed E-state index contributed by atoms with van der Waals surface area (Å²) in [5.74, 6) is 1.08. The number of benzene rings is 2. The van der Waals surface area contributed by atoms with Crippen LogP contribution in [0.25, 0.3) is 10.9 Å². The Balaban J connectivity index is 1.56. The molecule has 2 heterocycles. The molecule has 2 N–H and O–H groups in total. The van der Waals surface area contributed by atoms with Crippen molar-refractivity contribution >= 4 is 28.4 Å². The number of hydrogen-bond acceptors (Lipinski definition) is 6. The molecule has 6 heteroatoms. The lowest BCUT2D eigenvalue weighted by molar-refractivity contribution is 0.841. The van der Waals surface area contributed by atoms with Crippen molar-refractivity contribution in [3.05, 3.63) is 78.6 Å². The van der Waals surface area contributed by atoms with Crippen LogP contribution in [-0.2, 0) is 0 Å². The van der Waals surface area contributed by atoms with Crippen molar-refractivity contribution in [1.29, 1.82) is 0 Å². The molecule has 1 atom stereocenters. The zero-order valence-electron chi connectivity index (χ0n) is 14.3. The number of fused-ring (bicyclic) bond motifs is 1. The van der Waals surface area contributed by atoms with E-state index in [0.29, 0.717) is 11.8 Å². The highest BCUT2D eigenvalue weighted by molar-refractivity contribution is 5.91. The van der Waals surface area contributed by atoms with Gasteiger partial charge in [-0.3, -0.25) is 4.98 Å². The monoisotopic (exact) mass is 342 g/mol. The fourth-order valence-electron chi connectivity index (χ4n) is 2.79. The average molecular weight is 342 g/mol. The maximum Gasteiger partial charge on any atom is 0.245 e. The summed E-state index contributed by atoms with van der Waals surface area (Å²) in [6, 6.07) is 20.2. The normalized spacial score (nSPS) is 11.9. The van der Waals surface area contributed by atoms with Crippen molar-refractivity contribution in [2.75, 3.05) is 10.6 Å². The van der Waals surface area contributed by atoms with Crippen LogP contribution in [0.4, 0.5) is 17.5 Å². The van der Waals surface area contributed by atoms with Crippen LogP contribution in [0.5, 0.6) is 0 Å². The van der Waals surface area contributed by atoms with Crippen LogP contribution < -0.4 is 10.6 Å². The molecule has 2 aromatic heterocycles. The Kier molecular flexibility index (Phi) is 4.38. The summed E-state index contributed by atoms with van der Waals surface area (Å²) >= 11 is 0. The van der Waals surface area contributed by atoms with Gasteiger partial charge in [-0.25, -0.2) is 0 Å². The second-order valence-corrected chi connectivity index (χ2v) is 5.95. The van der Waals surface area contributed by atoms with Gasteiger partial charge in [-0.15, -0.1) is 5.10 Å². The summed E-state index contributed by atoms with van der Waals surface area (Å²) in [5.41, 5.74) is 2.93. The topological polar surface area (TPSA) is 75.6 Å². The summed E-state index contributed by atoms with van der Waals surface area (Å²) in [4.78, 5) is 8.96. The molecule has 0 aliphatic rings. The van der Waals surface area contributed by atoms with Crippen molar-refractivity contribution in [1.82, 2.24) is 20.2 Å². The molecule has 6 nitrogen and oxygen atoms in total. The predicted molar refractivity (Wildman–Crippen MR) is 103 cm³/mol. The SMILES string of the molecule is CC(Nc1nncc(Nc2cccc3cccnc23)n1)c1ccccc1. The molecule has 0 fully saturated rings. The lowest BCUT2D eigenvalue weighted by Gasteiger charge is -2.14. The molecule has 0 saturated carbocycles. The van der Waals surface area contributed by atoms with Gasteiger partial charge in [-0.1, -0.05) is 48.5 Å². The van der Waals surface area contributed by atoms with Crippen molar-refractivity contribution in [3.63, 3.8) is 0 Å². The third kappa shape index (κ3) is 3.44. The number of para-hydroxylation sites is 1. The third-order valence-corrected chi connectivity index (χ3v) is 4.10. The first-order valence-electron chi connectivity index (χ1n) is 8.41. The Bertz CT molecular complexity index is 1010. The smallest absolute Gasteiger partial charge is 0.245 e. The summed E-state index contributed by atoms with van der Waals surface area (Å²) in [6.07, 6.45) is 3.38. The zero-order valence-corrected chi connectivity index (χ0v) is 14.3. The van der Waals surface area contributed by atoms with Crippen LogP contribution in [-0.4, -0.2) is 20.2 Å². The van der Waals surface area contributed by atoms with Crippen LogP contribution in [0, 0.1) is 0 Å². The molecule has 4 rings (SSSR count). The number of hydrogen-bond donors (Lipinski definition) is 2. The molecule has 0 radical (unpaired) electrons. The molecule has 128 valence electrons. The van der Waals surface area contributed by atoms with Gasteiger partial charge in [0.15, 0.2) is 5.82 Å². The Labute approximate surface area is 151 Å². The van der Waals surface area contributed by atoms with Crippen molar-refractivity contribution < 1.29 is 0 Å². The van der Waals surface area contributed by atoms with Crippen molar-refractivity contribution in [3.8, 4) is 0 Å². The Morgan fingerprint density at radius 3 is 2.65 bits per heavy atom. The van der Waals surface area contributed by atoms with Gasteiger partial charge >= 0.3 is 0 Å². The Hall–Kier alpha value is -3.54. The highest BCUT2D eigenvalue weighted by Crippen LogP contribution is 2.24. The first-order valence-corrected chi connectivity index (χ1v) is 8.41. The van der Waals surface area contributed by atoms with Gasteiger partial charge in [-0.2, -0.15) is 10.1 Å². The van der Waals surface area contributed by atoms with Crippen LogP contribution in [0.3, 0.4) is 0 Å². The fourth-order valence-corrected chi connectivity index (χ4v) is 2.79. The van der Waals surface area contributed by atoms with E-state index in [1.165, 1.54) is 0 Å². The maximum atomic E-state index is 4.52. The minimum Gasteiger partial charge on any atom is -0.346 e. The van der Waals surface area contributed by atoms with Gasteiger partial charge in [0.1, 0.15) is 0 Å². The third-order valence-electron chi connectivity index (χ3n) is 4.10. The number of nitrogens with zero attached hydrogens (tertiary/aromatic N) is 4. The fraction of sp³-hybridized carbons (Fsp3) is 0.100. The summed E-state index contributed by atoms with van der Waals surface area (Å²) < 4.78 is 0. The van der Waals surface area contributed by atoms with Crippen molar-refractivity contribution in [2.45, 2.75) is 13.0 Å². The molecule has 0 spiro atoms. The summed E-state index contributed by atoms with van der Waals surface area (Å²) in [5, 5.41) is 15.8. The molecule has 1 unspecified atom stereocenters. The highest BCUT2D eigenvalue weighted by Gasteiger charge is 2.09. The van der Waals surface area contributed by atoms with E-state index >= 15 is 0 Å². The second kappa shape index (κ2) is 7.14. The van der Waals surface area contributed by atoms with Crippen LogP contribution in [0.15, 0.2) is 73.1 Å². The van der Waals surface area contributed by atoms with Gasteiger partial charge < -0.3 is 10.6 Å². The average Bonchev–Trinajstić information content (AvgIpc) is 2.69. The number of rotatable bonds is 5. The first-order chi connectivity index (χ1) is 12.8. The van der Waals surface area contributed by atoms with Gasteiger partial charge in [-0.05, 0) is 24.6 Å². The second-order valence-electron chi connectivity index (χ2n) is 5.95. The van der Waals surface area contributed by atoms with E-state index in [1.54, 1.807) is 12.4 Å². The Morgan fingerprint density at radius 2 is 1.77 bits per heavy atom. The van der Waals surface area contributed by atoms with E-state index in [4.69, 9.17) is 0 Å². The molecule has 0 aliphatic carbocycles. The van der Waals surface area contributed by atoms with Gasteiger partial charge in [0.2, 0.25) is 5.95 Å². The summed E-state index contributed by atoms with van der Waals surface area (Å²) in [7, 11) is 0. The minimum atomic E-state index is 0.0764. The predicted octanol–water partition coefficient (Wildman–Crippen LogP) is 4.34. The van der Waals surface area contributed by atoms with Gasteiger partial charge in [0.25, 0.3) is 0 Å². The lowest BCUT2D eigenvalue weighted by Crippen LogP contribution is -2.11. The molecular weight excluding hydrogens is 324 g/mol. The molecular formula is C20H18N6. The number of pyridine rings is 1. The van der Waals surface area contributed by atoms with E-state index in [9.17, 15) is 0 Å². The molecule has 26 heavy (non-hydrogen) atoms. The standard InChI is InChI=1S/C20H18N6/c1-14(15-7-3-2-4-8-15)23-20-25-18(13-22-26-20)24-17-11-5-9-16-10-6-12-21-19(16)17/h2-14H,1H3,(H2,23,24,25,26). The van der Waals surface area contributed by atoms with Crippen LogP contribution >= 0.6 is 0 Å². The molecule has 0 bridgehead atoms. The van der Waals surface area contributed by atoms with Crippen LogP contribution in [0.1, 0.15) is 18.5 Å². The minimum absolute atomic E-state index is 0.0764. The molecule has 0 aliphatic heterocycles. The zero-order chi connectivity index (χ0) is 17.8.